The summed E-state index contributed by atoms with van der Waals surface area (Å²) in [7, 11) is -3.65. The predicted molar refractivity (Wildman–Crippen MR) is 85.5 cm³/mol. The van der Waals surface area contributed by atoms with E-state index >= 15 is 0 Å². The van der Waals surface area contributed by atoms with Gasteiger partial charge in [-0.05, 0) is 47.1 Å². The van der Waals surface area contributed by atoms with Crippen molar-refractivity contribution in [1.82, 2.24) is 15.3 Å². The van der Waals surface area contributed by atoms with E-state index in [2.05, 4.69) is 42.9 Å². The molecule has 3 N–H and O–H groups in total. The van der Waals surface area contributed by atoms with E-state index in [4.69, 9.17) is 0 Å². The molecule has 2 aromatic heterocycles. The molecule has 0 amide bonds. The summed E-state index contributed by atoms with van der Waals surface area (Å²) in [5.74, 6) is 0.268. The van der Waals surface area contributed by atoms with Crippen LogP contribution in [0.4, 0.5) is 5.82 Å². The van der Waals surface area contributed by atoms with Crippen molar-refractivity contribution in [3.63, 3.8) is 0 Å². The molecule has 0 bridgehead atoms. The standard InChI is InChI=1S/C13H17BrN4O2S/c1-2-5-15-8-10-7-11(9-17-10)21(19,20)18-13-12(14)4-3-6-16-13/h3-4,6-7,9,15,17H,2,5,8H2,1H3,(H,16,18). The number of nitrogens with zero attached hydrogens (tertiary/aromatic N) is 1. The van der Waals surface area contributed by atoms with Gasteiger partial charge in [-0.2, -0.15) is 0 Å². The minimum absolute atomic E-state index is 0.188. The van der Waals surface area contributed by atoms with Crippen LogP contribution in [0, 0.1) is 0 Å². The Hall–Kier alpha value is -1.38. The van der Waals surface area contributed by atoms with Crippen molar-refractivity contribution < 1.29 is 8.42 Å². The van der Waals surface area contributed by atoms with Gasteiger partial charge in [-0.25, -0.2) is 13.4 Å². The molecule has 21 heavy (non-hydrogen) atoms. The van der Waals surface area contributed by atoms with Gasteiger partial charge in [-0.1, -0.05) is 6.92 Å². The Morgan fingerprint density at radius 1 is 1.43 bits per heavy atom. The number of pyridine rings is 1. The van der Waals surface area contributed by atoms with Crippen molar-refractivity contribution in [3.8, 4) is 0 Å². The zero-order valence-corrected chi connectivity index (χ0v) is 14.0. The van der Waals surface area contributed by atoms with Crippen LogP contribution in [0.15, 0.2) is 40.0 Å². The van der Waals surface area contributed by atoms with Gasteiger partial charge in [-0.3, -0.25) is 4.72 Å². The van der Waals surface area contributed by atoms with Gasteiger partial charge >= 0.3 is 0 Å². The monoisotopic (exact) mass is 372 g/mol. The molecule has 0 aliphatic rings. The lowest BCUT2D eigenvalue weighted by Crippen LogP contribution is -2.14. The van der Waals surface area contributed by atoms with Crippen LogP contribution in [0.25, 0.3) is 0 Å². The van der Waals surface area contributed by atoms with Crippen molar-refractivity contribution >= 4 is 31.8 Å². The molecule has 0 aromatic carbocycles. The molecule has 0 radical (unpaired) electrons. The molecule has 0 aliphatic heterocycles. The Kier molecular flexibility index (Phi) is 5.38. The van der Waals surface area contributed by atoms with E-state index < -0.39 is 10.0 Å². The fourth-order valence-electron chi connectivity index (χ4n) is 1.72. The lowest BCUT2D eigenvalue weighted by molar-refractivity contribution is 0.601. The molecular formula is C13H17BrN4O2S. The second kappa shape index (κ2) is 7.06. The second-order valence-electron chi connectivity index (χ2n) is 4.48. The first kappa shape index (κ1) is 16.0. The smallest absolute Gasteiger partial charge is 0.264 e. The quantitative estimate of drug-likeness (QED) is 0.651. The fourth-order valence-corrected chi connectivity index (χ4v) is 3.25. The van der Waals surface area contributed by atoms with Crippen LogP contribution < -0.4 is 10.0 Å². The Bertz CT molecular complexity index is 700. The zero-order chi connectivity index (χ0) is 15.3. The highest BCUT2D eigenvalue weighted by Crippen LogP contribution is 2.22. The van der Waals surface area contributed by atoms with Gasteiger partial charge in [-0.15, -0.1) is 0 Å². The highest BCUT2D eigenvalue weighted by molar-refractivity contribution is 9.10. The Balaban J connectivity index is 2.11. The number of rotatable bonds is 7. The van der Waals surface area contributed by atoms with E-state index in [1.165, 1.54) is 12.4 Å². The minimum atomic E-state index is -3.65. The van der Waals surface area contributed by atoms with E-state index in [9.17, 15) is 8.42 Å². The lowest BCUT2D eigenvalue weighted by Gasteiger charge is -2.06. The molecule has 0 saturated heterocycles. The van der Waals surface area contributed by atoms with E-state index in [-0.39, 0.29) is 10.7 Å². The number of hydrogen-bond donors (Lipinski definition) is 3. The first-order valence-electron chi connectivity index (χ1n) is 6.54. The van der Waals surface area contributed by atoms with Gasteiger partial charge < -0.3 is 10.3 Å². The predicted octanol–water partition coefficient (Wildman–Crippen LogP) is 2.47. The van der Waals surface area contributed by atoms with Crippen LogP contribution in [-0.2, 0) is 16.6 Å². The third-order valence-electron chi connectivity index (χ3n) is 2.76. The molecule has 8 heteroatoms. The normalized spacial score (nSPS) is 11.5. The summed E-state index contributed by atoms with van der Waals surface area (Å²) in [6.45, 7) is 3.57. The third kappa shape index (κ3) is 4.29. The summed E-state index contributed by atoms with van der Waals surface area (Å²) < 4.78 is 27.6. The summed E-state index contributed by atoms with van der Waals surface area (Å²) >= 11 is 3.26. The summed E-state index contributed by atoms with van der Waals surface area (Å²) in [4.78, 5) is 7.14. The molecule has 0 spiro atoms. The number of nitrogens with one attached hydrogen (secondary N) is 3. The van der Waals surface area contributed by atoms with Crippen molar-refractivity contribution in [3.05, 3.63) is 40.8 Å². The number of H-pyrrole nitrogens is 1. The second-order valence-corrected chi connectivity index (χ2v) is 7.01. The van der Waals surface area contributed by atoms with Crippen molar-refractivity contribution in [2.45, 2.75) is 24.8 Å². The Morgan fingerprint density at radius 2 is 2.24 bits per heavy atom. The van der Waals surface area contributed by atoms with E-state index in [0.717, 1.165) is 18.7 Å². The van der Waals surface area contributed by atoms with E-state index in [0.29, 0.717) is 11.0 Å². The van der Waals surface area contributed by atoms with Crippen LogP contribution in [0.3, 0.4) is 0 Å². The average Bonchev–Trinajstić information content (AvgIpc) is 2.91. The molecular weight excluding hydrogens is 356 g/mol. The van der Waals surface area contributed by atoms with Crippen LogP contribution in [0.2, 0.25) is 0 Å². The maximum Gasteiger partial charge on any atom is 0.264 e. The third-order valence-corrected chi connectivity index (χ3v) is 4.72. The summed E-state index contributed by atoms with van der Waals surface area (Å²) in [5, 5.41) is 3.21. The van der Waals surface area contributed by atoms with Gasteiger partial charge in [0.25, 0.3) is 10.0 Å². The molecule has 6 nitrogen and oxygen atoms in total. The number of anilines is 1. The molecule has 2 aromatic rings. The summed E-state index contributed by atoms with van der Waals surface area (Å²) in [5.41, 5.74) is 0.823. The molecule has 0 aliphatic carbocycles. The Morgan fingerprint density at radius 3 is 2.95 bits per heavy atom. The van der Waals surface area contributed by atoms with Crippen LogP contribution in [0.5, 0.6) is 0 Å². The van der Waals surface area contributed by atoms with Gasteiger partial charge in [0.05, 0.1) is 4.47 Å². The van der Waals surface area contributed by atoms with Crippen LogP contribution >= 0.6 is 15.9 Å². The molecule has 0 saturated carbocycles. The summed E-state index contributed by atoms with van der Waals surface area (Å²) in [6.07, 6.45) is 4.03. The van der Waals surface area contributed by atoms with Gasteiger partial charge in [0.15, 0.2) is 5.82 Å². The number of halogens is 1. The summed E-state index contributed by atoms with van der Waals surface area (Å²) in [6, 6.07) is 5.06. The molecule has 0 unspecified atom stereocenters. The van der Waals surface area contributed by atoms with Crippen molar-refractivity contribution in [1.29, 1.82) is 0 Å². The topological polar surface area (TPSA) is 86.9 Å². The average molecular weight is 373 g/mol. The molecule has 114 valence electrons. The largest absolute Gasteiger partial charge is 0.363 e. The molecule has 2 rings (SSSR count). The number of sulfonamides is 1. The number of aromatic nitrogens is 2. The van der Waals surface area contributed by atoms with Crippen molar-refractivity contribution in [2.24, 2.45) is 0 Å². The Labute approximate surface area is 132 Å². The maximum absolute atomic E-state index is 12.3. The SMILES string of the molecule is CCCNCc1cc(S(=O)(=O)Nc2ncccc2Br)c[nH]1. The molecule has 0 atom stereocenters. The lowest BCUT2D eigenvalue weighted by atomic mass is 10.4. The number of aromatic amines is 1. The molecule has 2 heterocycles. The van der Waals surface area contributed by atoms with Crippen LogP contribution in [-0.4, -0.2) is 24.9 Å². The van der Waals surface area contributed by atoms with Gasteiger partial charge in [0.1, 0.15) is 4.90 Å². The van der Waals surface area contributed by atoms with Gasteiger partial charge in [0.2, 0.25) is 0 Å². The van der Waals surface area contributed by atoms with Crippen molar-refractivity contribution in [2.75, 3.05) is 11.3 Å². The highest BCUT2D eigenvalue weighted by atomic mass is 79.9. The van der Waals surface area contributed by atoms with E-state index in [1.807, 2.05) is 0 Å². The first-order valence-corrected chi connectivity index (χ1v) is 8.82. The minimum Gasteiger partial charge on any atom is -0.363 e. The highest BCUT2D eigenvalue weighted by Gasteiger charge is 2.17. The number of hydrogen-bond acceptors (Lipinski definition) is 4. The van der Waals surface area contributed by atoms with E-state index in [1.54, 1.807) is 18.2 Å². The molecule has 0 fully saturated rings. The fraction of sp³-hybridized carbons (Fsp3) is 0.308. The zero-order valence-electron chi connectivity index (χ0n) is 11.6. The maximum atomic E-state index is 12.3. The van der Waals surface area contributed by atoms with Gasteiger partial charge in [0, 0.05) is 24.6 Å². The van der Waals surface area contributed by atoms with Crippen LogP contribution in [0.1, 0.15) is 19.0 Å². The first-order chi connectivity index (χ1) is 10.0.